The van der Waals surface area contributed by atoms with Crippen molar-refractivity contribution in [2.24, 2.45) is 0 Å². The summed E-state index contributed by atoms with van der Waals surface area (Å²) in [6.45, 7) is 6.85. The molecule has 5 nitrogen and oxygen atoms in total. The molecule has 0 amide bonds. The van der Waals surface area contributed by atoms with E-state index in [-0.39, 0.29) is 6.04 Å². The maximum absolute atomic E-state index is 5.52. The van der Waals surface area contributed by atoms with E-state index in [2.05, 4.69) is 33.7 Å². The molecule has 0 saturated carbocycles. The van der Waals surface area contributed by atoms with Crippen LogP contribution in [0.25, 0.3) is 0 Å². The lowest BCUT2D eigenvalue weighted by Gasteiger charge is -2.17. The Balaban J connectivity index is 2.36. The van der Waals surface area contributed by atoms with Gasteiger partial charge in [0.25, 0.3) is 0 Å². The van der Waals surface area contributed by atoms with Crippen LogP contribution in [0.3, 0.4) is 0 Å². The maximum Gasteiger partial charge on any atom is 0.137 e. The van der Waals surface area contributed by atoms with Gasteiger partial charge in [-0.2, -0.15) is 0 Å². The predicted molar refractivity (Wildman–Crippen MR) is 80.3 cm³/mol. The second kappa shape index (κ2) is 6.76. The van der Waals surface area contributed by atoms with Gasteiger partial charge in [0.1, 0.15) is 5.75 Å². The zero-order chi connectivity index (χ0) is 14.5. The SMILES string of the molecule is CCOc1cncc(C(NC)c2snnc2C(C)C)c1. The molecule has 0 aliphatic carbocycles. The average molecular weight is 292 g/mol. The summed E-state index contributed by atoms with van der Waals surface area (Å²) in [7, 11) is 1.93. The van der Waals surface area contributed by atoms with Gasteiger partial charge >= 0.3 is 0 Å². The van der Waals surface area contributed by atoms with Crippen molar-refractivity contribution in [3.05, 3.63) is 34.6 Å². The Hall–Kier alpha value is -1.53. The first-order valence-corrected chi connectivity index (χ1v) is 7.51. The molecular formula is C14H20N4OS. The van der Waals surface area contributed by atoms with Crippen LogP contribution in [-0.2, 0) is 0 Å². The van der Waals surface area contributed by atoms with Gasteiger partial charge in [0.2, 0.25) is 0 Å². The summed E-state index contributed by atoms with van der Waals surface area (Å²) in [4.78, 5) is 5.39. The predicted octanol–water partition coefficient (Wildman–Crippen LogP) is 2.76. The third-order valence-electron chi connectivity index (χ3n) is 3.02. The van der Waals surface area contributed by atoms with Crippen LogP contribution >= 0.6 is 11.5 Å². The summed E-state index contributed by atoms with van der Waals surface area (Å²) in [5.41, 5.74) is 2.10. The molecule has 1 N–H and O–H groups in total. The highest BCUT2D eigenvalue weighted by molar-refractivity contribution is 7.05. The minimum absolute atomic E-state index is 0.0420. The highest BCUT2D eigenvalue weighted by Crippen LogP contribution is 2.31. The molecule has 20 heavy (non-hydrogen) atoms. The maximum atomic E-state index is 5.52. The van der Waals surface area contributed by atoms with Crippen LogP contribution < -0.4 is 10.1 Å². The summed E-state index contributed by atoms with van der Waals surface area (Å²) in [6.07, 6.45) is 3.58. The van der Waals surface area contributed by atoms with Crippen molar-refractivity contribution < 1.29 is 4.74 Å². The monoisotopic (exact) mass is 292 g/mol. The Morgan fingerprint density at radius 3 is 2.80 bits per heavy atom. The molecule has 0 aromatic carbocycles. The zero-order valence-corrected chi connectivity index (χ0v) is 13.1. The normalized spacial score (nSPS) is 12.7. The molecule has 2 rings (SSSR count). The fraction of sp³-hybridized carbons (Fsp3) is 0.500. The van der Waals surface area contributed by atoms with E-state index >= 15 is 0 Å². The standard InChI is InChI=1S/C14H20N4OS/c1-5-19-11-6-10(7-16-8-11)13(15-4)14-12(9(2)3)17-18-20-14/h6-9,13,15H,5H2,1-4H3. The zero-order valence-electron chi connectivity index (χ0n) is 12.3. The fourth-order valence-electron chi connectivity index (χ4n) is 2.09. The second-order valence-electron chi connectivity index (χ2n) is 4.79. The molecule has 0 fully saturated rings. The van der Waals surface area contributed by atoms with E-state index < -0.39 is 0 Å². The highest BCUT2D eigenvalue weighted by Gasteiger charge is 2.22. The summed E-state index contributed by atoms with van der Waals surface area (Å²) in [5.74, 6) is 1.14. The van der Waals surface area contributed by atoms with E-state index in [1.165, 1.54) is 11.5 Å². The van der Waals surface area contributed by atoms with Gasteiger partial charge in [-0.05, 0) is 43.1 Å². The molecule has 0 aliphatic heterocycles. The third-order valence-corrected chi connectivity index (χ3v) is 3.82. The Morgan fingerprint density at radius 2 is 2.15 bits per heavy atom. The molecule has 2 aromatic rings. The lowest BCUT2D eigenvalue weighted by atomic mass is 10.0. The van der Waals surface area contributed by atoms with Crippen LogP contribution in [0.15, 0.2) is 18.5 Å². The molecule has 0 bridgehead atoms. The van der Waals surface area contributed by atoms with E-state index in [1.807, 2.05) is 26.2 Å². The lowest BCUT2D eigenvalue weighted by molar-refractivity contribution is 0.338. The average Bonchev–Trinajstić information content (AvgIpc) is 2.90. The number of hydrogen-bond donors (Lipinski definition) is 1. The van der Waals surface area contributed by atoms with Gasteiger partial charge in [-0.1, -0.05) is 18.3 Å². The minimum Gasteiger partial charge on any atom is -0.492 e. The van der Waals surface area contributed by atoms with Gasteiger partial charge in [0, 0.05) is 6.20 Å². The first-order chi connectivity index (χ1) is 9.67. The van der Waals surface area contributed by atoms with E-state index in [0.29, 0.717) is 12.5 Å². The summed E-state index contributed by atoms with van der Waals surface area (Å²) in [5, 5.41) is 7.57. The smallest absolute Gasteiger partial charge is 0.137 e. The third kappa shape index (κ3) is 3.13. The lowest BCUT2D eigenvalue weighted by Crippen LogP contribution is -2.18. The molecule has 0 spiro atoms. The van der Waals surface area contributed by atoms with Crippen LogP contribution in [0.4, 0.5) is 0 Å². The van der Waals surface area contributed by atoms with E-state index in [9.17, 15) is 0 Å². The number of rotatable bonds is 6. The number of pyridine rings is 1. The van der Waals surface area contributed by atoms with Crippen LogP contribution in [0.5, 0.6) is 5.75 Å². The largest absolute Gasteiger partial charge is 0.492 e. The molecule has 0 saturated heterocycles. The van der Waals surface area contributed by atoms with Gasteiger partial charge in [-0.3, -0.25) is 4.98 Å². The van der Waals surface area contributed by atoms with Crippen LogP contribution in [0, 0.1) is 0 Å². The topological polar surface area (TPSA) is 59.9 Å². The van der Waals surface area contributed by atoms with E-state index in [0.717, 1.165) is 21.9 Å². The van der Waals surface area contributed by atoms with Crippen LogP contribution in [-0.4, -0.2) is 28.2 Å². The molecule has 2 aromatic heterocycles. The van der Waals surface area contributed by atoms with Crippen molar-refractivity contribution in [3.8, 4) is 5.75 Å². The van der Waals surface area contributed by atoms with Crippen molar-refractivity contribution in [2.75, 3.05) is 13.7 Å². The molecule has 108 valence electrons. The fourth-order valence-corrected chi connectivity index (χ4v) is 3.04. The summed E-state index contributed by atoms with van der Waals surface area (Å²) < 4.78 is 9.61. The molecule has 0 radical (unpaired) electrons. The summed E-state index contributed by atoms with van der Waals surface area (Å²) in [6, 6.07) is 2.06. The molecule has 0 aliphatic rings. The van der Waals surface area contributed by atoms with Gasteiger partial charge < -0.3 is 10.1 Å². The van der Waals surface area contributed by atoms with Crippen LogP contribution in [0.2, 0.25) is 0 Å². The number of ether oxygens (including phenoxy) is 1. The van der Waals surface area contributed by atoms with Crippen molar-refractivity contribution in [1.82, 2.24) is 19.9 Å². The highest BCUT2D eigenvalue weighted by atomic mass is 32.1. The van der Waals surface area contributed by atoms with Crippen molar-refractivity contribution in [2.45, 2.75) is 32.7 Å². The number of nitrogens with one attached hydrogen (secondary N) is 1. The van der Waals surface area contributed by atoms with Crippen LogP contribution in [0.1, 0.15) is 48.9 Å². The Bertz CT molecular complexity index is 556. The quantitative estimate of drug-likeness (QED) is 0.887. The van der Waals surface area contributed by atoms with Crippen molar-refractivity contribution >= 4 is 11.5 Å². The van der Waals surface area contributed by atoms with Gasteiger partial charge in [-0.25, -0.2) is 0 Å². The van der Waals surface area contributed by atoms with Gasteiger partial charge in [0.05, 0.1) is 29.4 Å². The molecule has 6 heteroatoms. The number of aromatic nitrogens is 3. The summed E-state index contributed by atoms with van der Waals surface area (Å²) >= 11 is 1.43. The van der Waals surface area contributed by atoms with Gasteiger partial charge in [-0.15, -0.1) is 5.10 Å². The second-order valence-corrected chi connectivity index (χ2v) is 5.57. The molecule has 1 atom stereocenters. The minimum atomic E-state index is 0.0420. The Morgan fingerprint density at radius 1 is 1.35 bits per heavy atom. The van der Waals surface area contributed by atoms with Gasteiger partial charge in [0.15, 0.2) is 0 Å². The molecule has 1 unspecified atom stereocenters. The number of nitrogens with zero attached hydrogens (tertiary/aromatic N) is 3. The Labute approximate surface area is 123 Å². The van der Waals surface area contributed by atoms with E-state index in [1.54, 1.807) is 6.20 Å². The molecule has 2 heterocycles. The van der Waals surface area contributed by atoms with Crippen molar-refractivity contribution in [1.29, 1.82) is 0 Å². The first-order valence-electron chi connectivity index (χ1n) is 6.74. The molecular weight excluding hydrogens is 272 g/mol. The number of hydrogen-bond acceptors (Lipinski definition) is 6. The van der Waals surface area contributed by atoms with E-state index in [4.69, 9.17) is 4.74 Å². The first kappa shape index (κ1) is 14.9. The van der Waals surface area contributed by atoms with Crippen molar-refractivity contribution in [3.63, 3.8) is 0 Å². The Kier molecular flexibility index (Phi) is 5.03.